The predicted molar refractivity (Wildman–Crippen MR) is 66.9 cm³/mol. The molecule has 0 spiro atoms. The van der Waals surface area contributed by atoms with Gasteiger partial charge in [-0.2, -0.15) is 0 Å². The topological polar surface area (TPSA) is 26.3 Å². The lowest BCUT2D eigenvalue weighted by molar-refractivity contribution is -0.140. The number of ether oxygens (including phenoxy) is 1. The molecule has 0 aromatic rings. The first kappa shape index (κ1) is 14.7. The van der Waals surface area contributed by atoms with Gasteiger partial charge in [-0.25, -0.2) is 0 Å². The van der Waals surface area contributed by atoms with Gasteiger partial charge in [-0.3, -0.25) is 4.79 Å². The molecule has 0 amide bonds. The van der Waals surface area contributed by atoms with Crippen molar-refractivity contribution in [3.8, 4) is 0 Å². The summed E-state index contributed by atoms with van der Waals surface area (Å²) < 4.78 is 4.62. The van der Waals surface area contributed by atoms with E-state index in [-0.39, 0.29) is 11.4 Å². The minimum atomic E-state index is -0.114. The predicted octanol–water partition coefficient (Wildman–Crippen LogP) is 4.04. The maximum atomic E-state index is 11.0. The molecule has 0 aliphatic heterocycles. The summed E-state index contributed by atoms with van der Waals surface area (Å²) in [6, 6.07) is 0. The second kappa shape index (κ2) is 7.91. The van der Waals surface area contributed by atoms with Crippen molar-refractivity contribution in [3.05, 3.63) is 11.1 Å². The number of methoxy groups -OCH3 is 1. The first-order chi connectivity index (χ1) is 7.08. The highest BCUT2D eigenvalue weighted by atomic mass is 79.9. The molecule has 0 aromatic carbocycles. The molecular weight excluding hydrogens is 256 g/mol. The van der Waals surface area contributed by atoms with Crippen LogP contribution in [0.1, 0.15) is 46.0 Å². The number of allylic oxidation sites excluding steroid dienone is 1. The molecule has 0 N–H and O–H groups in total. The van der Waals surface area contributed by atoms with E-state index in [1.54, 1.807) is 0 Å². The summed E-state index contributed by atoms with van der Waals surface area (Å²) in [6.45, 7) is 4.41. The maximum Gasteiger partial charge on any atom is 0.305 e. The second-order valence-electron chi connectivity index (χ2n) is 4.13. The molecule has 0 rings (SSSR count). The molecule has 0 heterocycles. The van der Waals surface area contributed by atoms with Crippen molar-refractivity contribution in [2.24, 2.45) is 5.41 Å². The minimum Gasteiger partial charge on any atom is -0.469 e. The molecule has 0 fully saturated rings. The maximum absolute atomic E-state index is 11.0. The molecule has 15 heavy (non-hydrogen) atoms. The van der Waals surface area contributed by atoms with Crippen LogP contribution in [-0.4, -0.2) is 13.1 Å². The van der Waals surface area contributed by atoms with Crippen molar-refractivity contribution in [2.75, 3.05) is 7.11 Å². The zero-order valence-electron chi connectivity index (χ0n) is 9.88. The molecule has 1 unspecified atom stereocenters. The average Bonchev–Trinajstić information content (AvgIpc) is 2.18. The average molecular weight is 277 g/mol. The van der Waals surface area contributed by atoms with Gasteiger partial charge in [-0.15, -0.1) is 0 Å². The van der Waals surface area contributed by atoms with E-state index in [0.717, 1.165) is 25.7 Å². The third kappa shape index (κ3) is 6.72. The van der Waals surface area contributed by atoms with Crippen LogP contribution in [0.25, 0.3) is 0 Å². The molecule has 0 aliphatic rings. The van der Waals surface area contributed by atoms with E-state index in [2.05, 4.69) is 40.6 Å². The Hall–Kier alpha value is -0.310. The van der Waals surface area contributed by atoms with E-state index in [4.69, 9.17) is 0 Å². The van der Waals surface area contributed by atoms with Gasteiger partial charge < -0.3 is 4.74 Å². The van der Waals surface area contributed by atoms with Crippen LogP contribution in [0, 0.1) is 5.41 Å². The normalized spacial score (nSPS) is 15.2. The lowest BCUT2D eigenvalue weighted by atomic mass is 9.81. The molecule has 0 bridgehead atoms. The van der Waals surface area contributed by atoms with Crippen LogP contribution in [-0.2, 0) is 9.53 Å². The lowest BCUT2D eigenvalue weighted by Crippen LogP contribution is -2.13. The molecule has 0 saturated heterocycles. The van der Waals surface area contributed by atoms with E-state index in [0.29, 0.717) is 6.42 Å². The summed E-state index contributed by atoms with van der Waals surface area (Å²) in [6.07, 6.45) is 6.92. The van der Waals surface area contributed by atoms with Crippen molar-refractivity contribution in [1.82, 2.24) is 0 Å². The SMILES string of the molecule is CCCC(C)(/C=C/Br)CCCC(=O)OC. The van der Waals surface area contributed by atoms with Gasteiger partial charge in [0, 0.05) is 6.42 Å². The first-order valence-corrected chi connectivity index (χ1v) is 6.34. The van der Waals surface area contributed by atoms with Crippen molar-refractivity contribution in [1.29, 1.82) is 0 Å². The molecule has 0 radical (unpaired) electrons. The number of esters is 1. The summed E-state index contributed by atoms with van der Waals surface area (Å²) in [5.74, 6) is -0.114. The van der Waals surface area contributed by atoms with E-state index < -0.39 is 0 Å². The van der Waals surface area contributed by atoms with Gasteiger partial charge in [-0.1, -0.05) is 42.3 Å². The van der Waals surface area contributed by atoms with E-state index in [1.807, 2.05) is 4.99 Å². The van der Waals surface area contributed by atoms with Crippen LogP contribution in [0.2, 0.25) is 0 Å². The molecule has 88 valence electrons. The second-order valence-corrected chi connectivity index (χ2v) is 4.66. The van der Waals surface area contributed by atoms with E-state index in [9.17, 15) is 4.79 Å². The van der Waals surface area contributed by atoms with Crippen molar-refractivity contribution in [3.63, 3.8) is 0 Å². The van der Waals surface area contributed by atoms with Gasteiger partial charge in [0.2, 0.25) is 0 Å². The van der Waals surface area contributed by atoms with Crippen LogP contribution in [0.3, 0.4) is 0 Å². The number of hydrogen-bond acceptors (Lipinski definition) is 2. The molecule has 2 nitrogen and oxygen atoms in total. The summed E-state index contributed by atoms with van der Waals surface area (Å²) in [5, 5.41) is 0. The van der Waals surface area contributed by atoms with Gasteiger partial charge in [0.1, 0.15) is 0 Å². The smallest absolute Gasteiger partial charge is 0.305 e. The minimum absolute atomic E-state index is 0.114. The summed E-state index contributed by atoms with van der Waals surface area (Å²) in [4.78, 5) is 12.9. The Kier molecular flexibility index (Phi) is 7.75. The molecule has 1 atom stereocenters. The van der Waals surface area contributed by atoms with Crippen LogP contribution in [0.15, 0.2) is 11.1 Å². The Morgan fingerprint density at radius 2 is 2.13 bits per heavy atom. The fourth-order valence-electron chi connectivity index (χ4n) is 1.75. The van der Waals surface area contributed by atoms with Crippen LogP contribution in [0.4, 0.5) is 0 Å². The number of rotatable bonds is 7. The molecule has 0 aliphatic carbocycles. The first-order valence-electron chi connectivity index (χ1n) is 5.42. The molecular formula is C12H21BrO2. The standard InChI is InChI=1S/C12H21BrO2/c1-4-7-12(2,9-10-13)8-5-6-11(14)15-3/h9-10H,4-8H2,1-3H3/b10-9+. The largest absolute Gasteiger partial charge is 0.469 e. The highest BCUT2D eigenvalue weighted by molar-refractivity contribution is 9.11. The third-order valence-electron chi connectivity index (χ3n) is 2.64. The third-order valence-corrected chi connectivity index (χ3v) is 2.91. The van der Waals surface area contributed by atoms with E-state index in [1.165, 1.54) is 7.11 Å². The number of carbonyl (C=O) groups excluding carboxylic acids is 1. The number of hydrogen-bond donors (Lipinski definition) is 0. The highest BCUT2D eigenvalue weighted by Crippen LogP contribution is 2.31. The fourth-order valence-corrected chi connectivity index (χ4v) is 2.39. The van der Waals surface area contributed by atoms with Crippen molar-refractivity contribution < 1.29 is 9.53 Å². The Morgan fingerprint density at radius 3 is 2.60 bits per heavy atom. The summed E-state index contributed by atoms with van der Waals surface area (Å²) in [5.41, 5.74) is 0.201. The van der Waals surface area contributed by atoms with Gasteiger partial charge in [0.25, 0.3) is 0 Å². The van der Waals surface area contributed by atoms with Crippen molar-refractivity contribution in [2.45, 2.75) is 46.0 Å². The van der Waals surface area contributed by atoms with Crippen LogP contribution < -0.4 is 0 Å². The molecule has 3 heteroatoms. The Morgan fingerprint density at radius 1 is 1.47 bits per heavy atom. The van der Waals surface area contributed by atoms with Crippen LogP contribution in [0.5, 0.6) is 0 Å². The number of carbonyl (C=O) groups is 1. The number of halogens is 1. The monoisotopic (exact) mass is 276 g/mol. The van der Waals surface area contributed by atoms with Gasteiger partial charge in [0.15, 0.2) is 0 Å². The molecule has 0 saturated carbocycles. The quantitative estimate of drug-likeness (QED) is 0.656. The Labute approximate surface area is 101 Å². The zero-order valence-corrected chi connectivity index (χ0v) is 11.5. The van der Waals surface area contributed by atoms with Gasteiger partial charge in [-0.05, 0) is 29.7 Å². The zero-order chi connectivity index (χ0) is 11.7. The Bertz CT molecular complexity index is 214. The van der Waals surface area contributed by atoms with Crippen molar-refractivity contribution >= 4 is 21.9 Å². The summed E-state index contributed by atoms with van der Waals surface area (Å²) in [7, 11) is 1.44. The van der Waals surface area contributed by atoms with Crippen LogP contribution >= 0.6 is 15.9 Å². The van der Waals surface area contributed by atoms with E-state index >= 15 is 0 Å². The molecule has 0 aromatic heterocycles. The summed E-state index contributed by atoms with van der Waals surface area (Å²) >= 11 is 3.32. The lowest BCUT2D eigenvalue weighted by Gasteiger charge is -2.25. The van der Waals surface area contributed by atoms with Gasteiger partial charge in [0.05, 0.1) is 7.11 Å². The Balaban J connectivity index is 4.01. The van der Waals surface area contributed by atoms with Gasteiger partial charge >= 0.3 is 5.97 Å². The fraction of sp³-hybridized carbons (Fsp3) is 0.750. The highest BCUT2D eigenvalue weighted by Gasteiger charge is 2.19.